The van der Waals surface area contributed by atoms with Crippen molar-refractivity contribution in [3.8, 4) is 0 Å². The van der Waals surface area contributed by atoms with Gasteiger partial charge in [-0.05, 0) is 35.4 Å². The zero-order valence-electron chi connectivity index (χ0n) is 12.4. The summed E-state index contributed by atoms with van der Waals surface area (Å²) in [6.07, 6.45) is -5.83. The van der Waals surface area contributed by atoms with Crippen molar-refractivity contribution in [2.24, 2.45) is 0 Å². The first kappa shape index (κ1) is 17.2. The van der Waals surface area contributed by atoms with Crippen molar-refractivity contribution in [2.75, 3.05) is 13.1 Å². The molecule has 1 unspecified atom stereocenters. The van der Waals surface area contributed by atoms with Crippen molar-refractivity contribution in [1.82, 2.24) is 5.32 Å². The van der Waals surface area contributed by atoms with Crippen LogP contribution in [0.5, 0.6) is 0 Å². The van der Waals surface area contributed by atoms with Gasteiger partial charge in [0.05, 0.1) is 11.7 Å². The third-order valence-electron chi connectivity index (χ3n) is 3.85. The summed E-state index contributed by atoms with van der Waals surface area (Å²) in [5, 5.41) is 3.47. The Kier molecular flexibility index (Phi) is 4.80. The molecule has 24 heavy (non-hydrogen) atoms. The minimum atomic E-state index is -4.68. The third-order valence-corrected chi connectivity index (χ3v) is 4.10. The maximum Gasteiger partial charge on any atom is 0.416 e. The van der Waals surface area contributed by atoms with Crippen molar-refractivity contribution >= 4 is 11.6 Å². The van der Waals surface area contributed by atoms with Crippen LogP contribution in [0.2, 0.25) is 5.02 Å². The maximum atomic E-state index is 13.4. The summed E-state index contributed by atoms with van der Waals surface area (Å²) in [6, 6.07) is 9.04. The summed E-state index contributed by atoms with van der Waals surface area (Å²) < 4.78 is 59.3. The molecule has 1 atom stereocenters. The molecule has 0 radical (unpaired) electrons. The number of hydrogen-bond donors (Lipinski definition) is 1. The van der Waals surface area contributed by atoms with Gasteiger partial charge in [-0.2, -0.15) is 13.2 Å². The van der Waals surface area contributed by atoms with Crippen molar-refractivity contribution in [2.45, 2.75) is 18.4 Å². The highest BCUT2D eigenvalue weighted by molar-refractivity contribution is 6.30. The van der Waals surface area contributed by atoms with Crippen molar-refractivity contribution < 1.29 is 22.3 Å². The van der Waals surface area contributed by atoms with Crippen LogP contribution in [0.3, 0.4) is 0 Å². The molecule has 1 fully saturated rings. The summed E-state index contributed by atoms with van der Waals surface area (Å²) in [6.45, 7) is 1.12. The first-order chi connectivity index (χ1) is 11.3. The maximum absolute atomic E-state index is 13.4. The summed E-state index contributed by atoms with van der Waals surface area (Å²) in [5.41, 5.74) is -0.615. The van der Waals surface area contributed by atoms with E-state index in [-0.39, 0.29) is 11.7 Å². The fraction of sp³-hybridized carbons (Fsp3) is 0.294. The Morgan fingerprint density at radius 2 is 1.75 bits per heavy atom. The molecular formula is C17H14ClF4NO. The number of alkyl halides is 3. The molecule has 0 aromatic heterocycles. The van der Waals surface area contributed by atoms with Gasteiger partial charge in [0.2, 0.25) is 0 Å². The minimum absolute atomic E-state index is 0.113. The number of rotatable bonds is 4. The van der Waals surface area contributed by atoms with Crippen LogP contribution in [0.4, 0.5) is 17.6 Å². The van der Waals surface area contributed by atoms with Gasteiger partial charge in [0, 0.05) is 18.1 Å². The molecule has 0 bridgehead atoms. The highest BCUT2D eigenvalue weighted by Gasteiger charge is 2.37. The van der Waals surface area contributed by atoms with Crippen LogP contribution in [-0.4, -0.2) is 19.2 Å². The lowest BCUT2D eigenvalue weighted by Crippen LogP contribution is -2.49. The van der Waals surface area contributed by atoms with E-state index in [9.17, 15) is 17.6 Å². The molecule has 2 aromatic rings. The van der Waals surface area contributed by atoms with E-state index in [1.54, 1.807) is 24.3 Å². The van der Waals surface area contributed by atoms with Crippen molar-refractivity contribution in [1.29, 1.82) is 0 Å². The number of ether oxygens (including phenoxy) is 1. The standard InChI is InChI=1S/C17H14ClF4NO/c18-11-3-1-10(2-4-11)16(24-13-8-23-9-13)14-6-5-12(19)7-15(14)17(20,21)22/h1-7,13,16,23H,8-9H2. The van der Waals surface area contributed by atoms with Crippen LogP contribution in [-0.2, 0) is 10.9 Å². The summed E-state index contributed by atoms with van der Waals surface area (Å²) >= 11 is 5.85. The summed E-state index contributed by atoms with van der Waals surface area (Å²) in [5.74, 6) is -0.939. The number of benzene rings is 2. The molecule has 0 aliphatic carbocycles. The molecule has 7 heteroatoms. The van der Waals surface area contributed by atoms with Crippen LogP contribution in [0, 0.1) is 5.82 Å². The largest absolute Gasteiger partial charge is 0.416 e. The average molecular weight is 360 g/mol. The third kappa shape index (κ3) is 3.71. The predicted molar refractivity (Wildman–Crippen MR) is 82.4 cm³/mol. The van der Waals surface area contributed by atoms with Gasteiger partial charge in [0.25, 0.3) is 0 Å². The van der Waals surface area contributed by atoms with E-state index in [1.165, 1.54) is 0 Å². The molecule has 1 aliphatic rings. The van der Waals surface area contributed by atoms with Crippen LogP contribution in [0.25, 0.3) is 0 Å². The molecule has 0 saturated carbocycles. The Morgan fingerprint density at radius 1 is 1.08 bits per heavy atom. The first-order valence-electron chi connectivity index (χ1n) is 7.33. The minimum Gasteiger partial charge on any atom is -0.363 e. The first-order valence-corrected chi connectivity index (χ1v) is 7.70. The summed E-state index contributed by atoms with van der Waals surface area (Å²) in [7, 11) is 0. The second-order valence-electron chi connectivity index (χ2n) is 5.58. The lowest BCUT2D eigenvalue weighted by Gasteiger charge is -2.33. The number of hydrogen-bond acceptors (Lipinski definition) is 2. The van der Waals surface area contributed by atoms with Gasteiger partial charge in [0.1, 0.15) is 11.9 Å². The second kappa shape index (κ2) is 6.70. The molecular weight excluding hydrogens is 346 g/mol. The fourth-order valence-corrected chi connectivity index (χ4v) is 2.65. The Labute approximate surface area is 141 Å². The highest BCUT2D eigenvalue weighted by Crippen LogP contribution is 2.39. The molecule has 2 aromatic carbocycles. The molecule has 2 nitrogen and oxygen atoms in total. The highest BCUT2D eigenvalue weighted by atomic mass is 35.5. The second-order valence-corrected chi connectivity index (χ2v) is 6.01. The van der Waals surface area contributed by atoms with Gasteiger partial charge >= 0.3 is 6.18 Å². The Bertz CT molecular complexity index is 714. The van der Waals surface area contributed by atoms with E-state index in [0.29, 0.717) is 29.7 Å². The molecule has 0 amide bonds. The van der Waals surface area contributed by atoms with E-state index >= 15 is 0 Å². The topological polar surface area (TPSA) is 21.3 Å². The zero-order valence-corrected chi connectivity index (χ0v) is 13.2. The van der Waals surface area contributed by atoms with E-state index in [2.05, 4.69) is 5.32 Å². The normalized spacial score (nSPS) is 16.7. The van der Waals surface area contributed by atoms with Gasteiger partial charge < -0.3 is 10.1 Å². The van der Waals surface area contributed by atoms with Gasteiger partial charge in [-0.25, -0.2) is 4.39 Å². The Balaban J connectivity index is 2.06. The Morgan fingerprint density at radius 3 is 2.29 bits per heavy atom. The van der Waals surface area contributed by atoms with Gasteiger partial charge in [0.15, 0.2) is 0 Å². The molecule has 3 rings (SSSR count). The SMILES string of the molecule is Fc1ccc(C(OC2CNC2)c2ccc(Cl)cc2)c(C(F)(F)F)c1. The van der Waals surface area contributed by atoms with E-state index < -0.39 is 23.7 Å². The van der Waals surface area contributed by atoms with Gasteiger partial charge in [-0.1, -0.05) is 29.8 Å². The van der Waals surface area contributed by atoms with Gasteiger partial charge in [-0.15, -0.1) is 0 Å². The molecule has 1 saturated heterocycles. The number of nitrogens with one attached hydrogen (secondary N) is 1. The molecule has 1 aliphatic heterocycles. The van der Waals surface area contributed by atoms with Crippen LogP contribution < -0.4 is 5.32 Å². The van der Waals surface area contributed by atoms with Gasteiger partial charge in [-0.3, -0.25) is 0 Å². The smallest absolute Gasteiger partial charge is 0.363 e. The van der Waals surface area contributed by atoms with Crippen LogP contribution >= 0.6 is 11.6 Å². The lowest BCUT2D eigenvalue weighted by molar-refractivity contribution is -0.140. The quantitative estimate of drug-likeness (QED) is 0.807. The molecule has 0 spiro atoms. The van der Waals surface area contributed by atoms with Crippen molar-refractivity contribution in [3.05, 3.63) is 70.0 Å². The number of halogens is 5. The van der Waals surface area contributed by atoms with Crippen LogP contribution in [0.15, 0.2) is 42.5 Å². The Hall–Kier alpha value is -1.63. The van der Waals surface area contributed by atoms with E-state index in [0.717, 1.165) is 12.1 Å². The average Bonchev–Trinajstić information content (AvgIpc) is 2.47. The molecule has 128 valence electrons. The predicted octanol–water partition coefficient (Wildman–Crippen LogP) is 4.58. The van der Waals surface area contributed by atoms with Crippen LogP contribution in [0.1, 0.15) is 22.8 Å². The summed E-state index contributed by atoms with van der Waals surface area (Å²) in [4.78, 5) is 0. The van der Waals surface area contributed by atoms with Crippen molar-refractivity contribution in [3.63, 3.8) is 0 Å². The van der Waals surface area contributed by atoms with E-state index in [1.807, 2.05) is 0 Å². The lowest BCUT2D eigenvalue weighted by atomic mass is 9.95. The molecule has 1 heterocycles. The van der Waals surface area contributed by atoms with E-state index in [4.69, 9.17) is 16.3 Å². The molecule has 1 N–H and O–H groups in total. The zero-order chi connectivity index (χ0) is 17.3. The fourth-order valence-electron chi connectivity index (χ4n) is 2.52. The monoisotopic (exact) mass is 359 g/mol.